The van der Waals surface area contributed by atoms with Crippen molar-refractivity contribution in [2.45, 2.75) is 4.90 Å². The van der Waals surface area contributed by atoms with E-state index in [1.165, 1.54) is 6.07 Å². The molecule has 0 aliphatic carbocycles. The molecule has 1 fully saturated rings. The third-order valence-corrected chi connectivity index (χ3v) is 6.87. The lowest BCUT2D eigenvalue weighted by Crippen LogP contribution is -2.46. The zero-order valence-corrected chi connectivity index (χ0v) is 17.0. The Kier molecular flexibility index (Phi) is 5.31. The van der Waals surface area contributed by atoms with E-state index in [0.717, 1.165) is 4.31 Å². The minimum absolute atomic E-state index is 0.0392. The normalized spacial score (nSPS) is 18.1. The highest BCUT2D eigenvalue weighted by Gasteiger charge is 2.42. The number of carbonyl (C=O) groups is 2. The summed E-state index contributed by atoms with van der Waals surface area (Å²) >= 11 is 0. The molecular formula is C21H21N3O5S. The summed E-state index contributed by atoms with van der Waals surface area (Å²) in [6.45, 7) is 1.24. The van der Waals surface area contributed by atoms with E-state index in [-0.39, 0.29) is 10.6 Å². The van der Waals surface area contributed by atoms with Gasteiger partial charge in [0.15, 0.2) is 0 Å². The molecule has 1 amide bonds. The Balaban J connectivity index is 2.02. The number of amides is 1. The molecule has 0 spiro atoms. The van der Waals surface area contributed by atoms with Crippen LogP contribution < -0.4 is 5.73 Å². The highest BCUT2D eigenvalue weighted by Crippen LogP contribution is 2.39. The number of benzene rings is 2. The van der Waals surface area contributed by atoms with Gasteiger partial charge in [-0.2, -0.15) is 0 Å². The predicted octanol–water partition coefficient (Wildman–Crippen LogP) is 1.06. The number of primary amides is 1. The van der Waals surface area contributed by atoms with Gasteiger partial charge in [-0.3, -0.25) is 13.9 Å². The molecule has 0 radical (unpaired) electrons. The van der Waals surface area contributed by atoms with Crippen LogP contribution in [0.15, 0.2) is 65.2 Å². The van der Waals surface area contributed by atoms with Crippen molar-refractivity contribution in [1.29, 1.82) is 0 Å². The summed E-state index contributed by atoms with van der Waals surface area (Å²) < 4.78 is 33.1. The van der Waals surface area contributed by atoms with Crippen LogP contribution in [0.2, 0.25) is 0 Å². The maximum atomic E-state index is 13.6. The summed E-state index contributed by atoms with van der Waals surface area (Å²) in [5.74, 6) is -1.34. The van der Waals surface area contributed by atoms with E-state index in [9.17, 15) is 18.0 Å². The third kappa shape index (κ3) is 3.46. The highest BCUT2D eigenvalue weighted by atomic mass is 32.2. The molecule has 2 heterocycles. The summed E-state index contributed by atoms with van der Waals surface area (Å²) in [4.78, 5) is 27.3. The fourth-order valence-corrected chi connectivity index (χ4v) is 5.37. The maximum Gasteiger partial charge on any atom is 0.265 e. The number of hydrogen-bond donors (Lipinski definition) is 1. The Hall–Kier alpha value is -3.17. The van der Waals surface area contributed by atoms with Gasteiger partial charge in [0.05, 0.1) is 23.8 Å². The smallest absolute Gasteiger partial charge is 0.265 e. The second-order valence-corrected chi connectivity index (χ2v) is 8.80. The van der Waals surface area contributed by atoms with Crippen LogP contribution in [0.1, 0.15) is 15.9 Å². The van der Waals surface area contributed by atoms with E-state index < -0.39 is 28.3 Å². The highest BCUT2D eigenvalue weighted by molar-refractivity contribution is 7.89. The number of allylic oxidation sites excluding steroid dienone is 1. The number of ether oxygens (including phenoxy) is 1. The lowest BCUT2D eigenvalue weighted by molar-refractivity contribution is -0.117. The van der Waals surface area contributed by atoms with Gasteiger partial charge in [-0.1, -0.05) is 48.5 Å². The van der Waals surface area contributed by atoms with Gasteiger partial charge in [-0.15, -0.1) is 0 Å². The number of nitrogens with zero attached hydrogens (tertiary/aromatic N) is 2. The van der Waals surface area contributed by atoms with Gasteiger partial charge in [0.1, 0.15) is 12.2 Å². The average molecular weight is 427 g/mol. The van der Waals surface area contributed by atoms with Crippen LogP contribution in [0.3, 0.4) is 0 Å². The van der Waals surface area contributed by atoms with Crippen LogP contribution >= 0.6 is 0 Å². The molecule has 0 saturated carbocycles. The molecule has 0 atom stereocenters. The molecular weight excluding hydrogens is 406 g/mol. The molecule has 156 valence electrons. The van der Waals surface area contributed by atoms with E-state index in [1.54, 1.807) is 48.5 Å². The quantitative estimate of drug-likeness (QED) is 0.715. The van der Waals surface area contributed by atoms with E-state index in [2.05, 4.69) is 0 Å². The molecule has 9 heteroatoms. The van der Waals surface area contributed by atoms with Crippen molar-refractivity contribution in [2.24, 2.45) is 5.73 Å². The maximum absolute atomic E-state index is 13.6. The molecule has 4 rings (SSSR count). The van der Waals surface area contributed by atoms with Crippen molar-refractivity contribution in [1.82, 2.24) is 9.21 Å². The van der Waals surface area contributed by atoms with E-state index in [0.29, 0.717) is 43.1 Å². The summed E-state index contributed by atoms with van der Waals surface area (Å²) in [7, 11) is -4.16. The topological polar surface area (TPSA) is 110 Å². The number of fused-ring (bicyclic) bond motifs is 1. The predicted molar refractivity (Wildman–Crippen MR) is 110 cm³/mol. The first-order valence-electron chi connectivity index (χ1n) is 9.48. The van der Waals surface area contributed by atoms with Gasteiger partial charge in [0.25, 0.3) is 10.0 Å². The van der Waals surface area contributed by atoms with Crippen LogP contribution in [0, 0.1) is 0 Å². The molecule has 0 aromatic heterocycles. The third-order valence-electron chi connectivity index (χ3n) is 5.06. The fraction of sp³-hybridized carbons (Fsp3) is 0.238. The Bertz CT molecular complexity index is 1120. The zero-order chi connectivity index (χ0) is 21.3. The Labute approximate surface area is 174 Å². The molecule has 2 aromatic rings. The van der Waals surface area contributed by atoms with Crippen LogP contribution in [0.5, 0.6) is 0 Å². The zero-order valence-electron chi connectivity index (χ0n) is 16.2. The number of hydrogen-bond acceptors (Lipinski definition) is 6. The standard InChI is InChI=1S/C21H21N3O5S/c22-18(25)14-24-20(21(26)15-6-2-1-3-7-15)19(23-10-12-29-13-11-23)16-8-4-5-9-17(16)30(24,27)28/h1-9H,10-14H2,(H2,22,25). The molecule has 2 N–H and O–H groups in total. The molecule has 2 aromatic carbocycles. The van der Waals surface area contributed by atoms with Crippen LogP contribution in [-0.4, -0.2) is 62.2 Å². The molecule has 8 nitrogen and oxygen atoms in total. The summed E-state index contributed by atoms with van der Waals surface area (Å²) in [5.41, 5.74) is 6.53. The van der Waals surface area contributed by atoms with Crippen molar-refractivity contribution in [3.8, 4) is 0 Å². The fourth-order valence-electron chi connectivity index (χ4n) is 3.73. The Morgan fingerprint density at radius 1 is 0.967 bits per heavy atom. The number of nitrogens with two attached hydrogens (primary N) is 1. The average Bonchev–Trinajstić information content (AvgIpc) is 2.76. The van der Waals surface area contributed by atoms with E-state index in [4.69, 9.17) is 10.5 Å². The van der Waals surface area contributed by atoms with Crippen LogP contribution in [-0.2, 0) is 19.6 Å². The first-order valence-corrected chi connectivity index (χ1v) is 10.9. The molecule has 2 aliphatic rings. The Morgan fingerprint density at radius 3 is 2.27 bits per heavy atom. The number of Topliss-reactive ketones (excluding diaryl/α,β-unsaturated/α-hetero) is 1. The molecule has 2 aliphatic heterocycles. The SMILES string of the molecule is NC(=O)CN1C(C(=O)c2ccccc2)=C(N2CCOCC2)c2ccccc2S1(=O)=O. The summed E-state index contributed by atoms with van der Waals surface area (Å²) in [5, 5.41) is 0. The molecule has 30 heavy (non-hydrogen) atoms. The summed E-state index contributed by atoms with van der Waals surface area (Å²) in [6.07, 6.45) is 0. The van der Waals surface area contributed by atoms with Gasteiger partial charge in [0, 0.05) is 24.2 Å². The minimum Gasteiger partial charge on any atom is -0.378 e. The lowest BCUT2D eigenvalue weighted by Gasteiger charge is -2.39. The van der Waals surface area contributed by atoms with Gasteiger partial charge in [-0.05, 0) is 6.07 Å². The van der Waals surface area contributed by atoms with Crippen molar-refractivity contribution < 1.29 is 22.7 Å². The van der Waals surface area contributed by atoms with Gasteiger partial charge in [-0.25, -0.2) is 8.42 Å². The number of carbonyl (C=O) groups excluding carboxylic acids is 2. The molecule has 0 bridgehead atoms. The van der Waals surface area contributed by atoms with Crippen LogP contribution in [0.25, 0.3) is 5.70 Å². The van der Waals surface area contributed by atoms with Gasteiger partial charge < -0.3 is 15.4 Å². The number of ketones is 1. The van der Waals surface area contributed by atoms with E-state index in [1.807, 2.05) is 4.90 Å². The second kappa shape index (κ2) is 7.92. The number of morpholine rings is 1. The molecule has 0 unspecified atom stereocenters. The number of sulfonamides is 1. The van der Waals surface area contributed by atoms with Crippen molar-refractivity contribution in [3.63, 3.8) is 0 Å². The van der Waals surface area contributed by atoms with Crippen molar-refractivity contribution in [2.75, 3.05) is 32.8 Å². The van der Waals surface area contributed by atoms with Gasteiger partial charge >= 0.3 is 0 Å². The monoisotopic (exact) mass is 427 g/mol. The van der Waals surface area contributed by atoms with E-state index >= 15 is 0 Å². The lowest BCUT2D eigenvalue weighted by atomic mass is 10.0. The summed E-state index contributed by atoms with van der Waals surface area (Å²) in [6, 6.07) is 14.9. The molecule has 1 saturated heterocycles. The largest absolute Gasteiger partial charge is 0.378 e. The first kappa shape index (κ1) is 20.1. The Morgan fingerprint density at radius 2 is 1.60 bits per heavy atom. The van der Waals surface area contributed by atoms with Crippen molar-refractivity contribution in [3.05, 3.63) is 71.4 Å². The van der Waals surface area contributed by atoms with Crippen LogP contribution in [0.4, 0.5) is 0 Å². The van der Waals surface area contributed by atoms with Crippen molar-refractivity contribution >= 4 is 27.4 Å². The second-order valence-electron chi connectivity index (χ2n) is 6.97. The van der Waals surface area contributed by atoms with Gasteiger partial charge in [0.2, 0.25) is 11.7 Å². The first-order chi connectivity index (χ1) is 14.4. The number of rotatable bonds is 5. The minimum atomic E-state index is -4.16.